The van der Waals surface area contributed by atoms with Gasteiger partial charge < -0.3 is 20.1 Å². The van der Waals surface area contributed by atoms with E-state index in [1.807, 2.05) is 78.9 Å². The highest BCUT2D eigenvalue weighted by Gasteiger charge is 2.21. The van der Waals surface area contributed by atoms with E-state index in [1.165, 1.54) is 0 Å². The molecule has 5 aromatic rings. The molecule has 0 spiro atoms. The zero-order valence-corrected chi connectivity index (χ0v) is 26.4. The van der Waals surface area contributed by atoms with Gasteiger partial charge in [-0.3, -0.25) is 9.59 Å². The molecule has 0 aliphatic carbocycles. The highest BCUT2D eigenvalue weighted by molar-refractivity contribution is 6.12. The molecular formula is C41H36N2O5. The van der Waals surface area contributed by atoms with E-state index in [-0.39, 0.29) is 18.1 Å². The van der Waals surface area contributed by atoms with E-state index in [2.05, 4.69) is 17.2 Å². The Bertz CT molecular complexity index is 1870. The number of hydrogen-bond acceptors (Lipinski definition) is 5. The van der Waals surface area contributed by atoms with Gasteiger partial charge in [-0.15, -0.1) is 0 Å². The predicted octanol–water partition coefficient (Wildman–Crippen LogP) is 6.87. The molecule has 0 aromatic heterocycles. The van der Waals surface area contributed by atoms with Gasteiger partial charge in [0.05, 0.1) is 6.61 Å². The van der Waals surface area contributed by atoms with Gasteiger partial charge in [0.15, 0.2) is 5.78 Å². The fourth-order valence-corrected chi connectivity index (χ4v) is 5.13. The molecule has 7 nitrogen and oxygen atoms in total. The third kappa shape index (κ3) is 9.68. The van der Waals surface area contributed by atoms with E-state index in [9.17, 15) is 19.5 Å². The molecule has 2 N–H and O–H groups in total. The number of amides is 1. The molecule has 0 aliphatic heterocycles. The molecule has 0 bridgehead atoms. The van der Waals surface area contributed by atoms with E-state index in [1.54, 1.807) is 65.6 Å². The van der Waals surface area contributed by atoms with Crippen LogP contribution in [0.4, 0.5) is 5.69 Å². The van der Waals surface area contributed by atoms with Crippen molar-refractivity contribution in [1.29, 1.82) is 0 Å². The number of para-hydroxylation sites is 1. The van der Waals surface area contributed by atoms with Crippen LogP contribution in [0.25, 0.3) is 0 Å². The molecule has 48 heavy (non-hydrogen) atoms. The largest absolute Gasteiger partial charge is 0.494 e. The molecule has 0 saturated carbocycles. The first-order valence-electron chi connectivity index (χ1n) is 15.8. The molecule has 0 heterocycles. The maximum atomic E-state index is 13.1. The van der Waals surface area contributed by atoms with Gasteiger partial charge in [-0.05, 0) is 53.9 Å². The lowest BCUT2D eigenvalue weighted by atomic mass is 10.00. The average Bonchev–Trinajstić information content (AvgIpc) is 3.13. The lowest BCUT2D eigenvalue weighted by molar-refractivity contribution is -0.137. The molecule has 7 heteroatoms. The van der Waals surface area contributed by atoms with Gasteiger partial charge in [0, 0.05) is 47.8 Å². The molecule has 0 unspecified atom stereocenters. The van der Waals surface area contributed by atoms with Crippen molar-refractivity contribution < 1.29 is 24.2 Å². The number of carboxylic acid groups (broad SMARTS) is 1. The molecule has 240 valence electrons. The summed E-state index contributed by atoms with van der Waals surface area (Å²) in [6.45, 7) is 1.30. The van der Waals surface area contributed by atoms with Crippen molar-refractivity contribution >= 4 is 23.3 Å². The van der Waals surface area contributed by atoms with Crippen LogP contribution in [-0.2, 0) is 22.6 Å². The number of carbonyl (C=O) groups is 3. The second-order valence-electron chi connectivity index (χ2n) is 11.2. The van der Waals surface area contributed by atoms with Crippen molar-refractivity contribution in [3.8, 4) is 17.6 Å². The van der Waals surface area contributed by atoms with Crippen LogP contribution in [0.3, 0.4) is 0 Å². The van der Waals surface area contributed by atoms with Crippen molar-refractivity contribution in [3.63, 3.8) is 0 Å². The zero-order valence-electron chi connectivity index (χ0n) is 26.4. The molecule has 0 radical (unpaired) electrons. The highest BCUT2D eigenvalue weighted by atomic mass is 16.5. The summed E-state index contributed by atoms with van der Waals surface area (Å²) in [7, 11) is 0. The predicted molar refractivity (Wildman–Crippen MR) is 187 cm³/mol. The highest BCUT2D eigenvalue weighted by Crippen LogP contribution is 2.22. The van der Waals surface area contributed by atoms with Crippen molar-refractivity contribution in [2.45, 2.75) is 25.4 Å². The minimum Gasteiger partial charge on any atom is -0.494 e. The monoisotopic (exact) mass is 636 g/mol. The summed E-state index contributed by atoms with van der Waals surface area (Å²) >= 11 is 0. The Labute approximate surface area is 280 Å². The van der Waals surface area contributed by atoms with Gasteiger partial charge in [0.25, 0.3) is 5.91 Å². The van der Waals surface area contributed by atoms with Crippen molar-refractivity contribution in [2.75, 3.05) is 18.5 Å². The van der Waals surface area contributed by atoms with Crippen molar-refractivity contribution in [3.05, 3.63) is 167 Å². The summed E-state index contributed by atoms with van der Waals surface area (Å²) in [5, 5.41) is 13.1. The third-order valence-corrected chi connectivity index (χ3v) is 7.63. The molecule has 1 atom stereocenters. The molecule has 5 aromatic carbocycles. The zero-order chi connectivity index (χ0) is 33.6. The Morgan fingerprint density at radius 1 is 0.729 bits per heavy atom. The van der Waals surface area contributed by atoms with E-state index in [4.69, 9.17) is 4.74 Å². The van der Waals surface area contributed by atoms with Gasteiger partial charge in [0.1, 0.15) is 11.8 Å². The topological polar surface area (TPSA) is 95.9 Å². The summed E-state index contributed by atoms with van der Waals surface area (Å²) in [4.78, 5) is 40.1. The van der Waals surface area contributed by atoms with Crippen molar-refractivity contribution in [1.82, 2.24) is 4.90 Å². The van der Waals surface area contributed by atoms with E-state index in [0.29, 0.717) is 48.7 Å². The molecular weight excluding hydrogens is 600 g/mol. The Balaban J connectivity index is 1.16. The van der Waals surface area contributed by atoms with Gasteiger partial charge in [0.2, 0.25) is 0 Å². The summed E-state index contributed by atoms with van der Waals surface area (Å²) in [6, 6.07) is 41.4. The van der Waals surface area contributed by atoms with Crippen LogP contribution in [0.2, 0.25) is 0 Å². The lowest BCUT2D eigenvalue weighted by Gasteiger charge is -2.20. The first-order valence-corrected chi connectivity index (χ1v) is 15.8. The summed E-state index contributed by atoms with van der Waals surface area (Å²) in [5.41, 5.74) is 4.00. The smallest absolute Gasteiger partial charge is 0.326 e. The number of ketones is 1. The second-order valence-corrected chi connectivity index (χ2v) is 11.2. The fourth-order valence-electron chi connectivity index (χ4n) is 5.13. The number of carbonyl (C=O) groups excluding carboxylic acids is 2. The Morgan fingerprint density at radius 3 is 2.04 bits per heavy atom. The third-order valence-electron chi connectivity index (χ3n) is 7.63. The van der Waals surface area contributed by atoms with Gasteiger partial charge >= 0.3 is 5.97 Å². The molecule has 1 amide bonds. The number of nitrogens with zero attached hydrogens (tertiary/aromatic N) is 1. The van der Waals surface area contributed by atoms with E-state index < -0.39 is 12.0 Å². The average molecular weight is 637 g/mol. The van der Waals surface area contributed by atoms with Gasteiger partial charge in [-0.1, -0.05) is 109 Å². The number of rotatable bonds is 14. The van der Waals surface area contributed by atoms with Crippen LogP contribution < -0.4 is 10.1 Å². The quantitative estimate of drug-likeness (QED) is 0.0785. The van der Waals surface area contributed by atoms with Crippen LogP contribution in [0.1, 0.15) is 39.0 Å². The van der Waals surface area contributed by atoms with Crippen LogP contribution in [0, 0.1) is 11.8 Å². The maximum Gasteiger partial charge on any atom is 0.326 e. The number of hydrogen-bond donors (Lipinski definition) is 2. The lowest BCUT2D eigenvalue weighted by Crippen LogP contribution is -2.32. The SMILES string of the molecule is O=C(c1ccccc1)c1ccccc1N[C@@H](Cc1ccc(OCCCN(Cc2ccccc2)C(=O)C#Cc2ccccc2)cc1)C(=O)O. The first kappa shape index (κ1) is 33.2. The standard InChI is InChI=1S/C41H36N2O5/c44-39(26-23-31-13-4-1-5-14-31)43(30-33-15-6-2-7-16-33)27-12-28-48-35-24-21-32(22-25-35)29-38(41(46)47)42-37-20-11-10-19-36(37)40(45)34-17-8-3-9-18-34/h1-11,13-22,24-25,38,42H,12,27-30H2,(H,46,47)/t38-/m0/s1. The number of carboxylic acids is 1. The normalized spacial score (nSPS) is 11.0. The van der Waals surface area contributed by atoms with Crippen LogP contribution in [0.5, 0.6) is 5.75 Å². The van der Waals surface area contributed by atoms with Crippen LogP contribution in [0.15, 0.2) is 140 Å². The number of anilines is 1. The fraction of sp³-hybridized carbons (Fsp3) is 0.146. The Morgan fingerprint density at radius 2 is 1.35 bits per heavy atom. The van der Waals surface area contributed by atoms with E-state index in [0.717, 1.165) is 16.7 Å². The minimum atomic E-state index is -1.03. The number of benzene rings is 5. The summed E-state index contributed by atoms with van der Waals surface area (Å²) in [6.07, 6.45) is 0.795. The summed E-state index contributed by atoms with van der Waals surface area (Å²) in [5.74, 6) is 4.90. The van der Waals surface area contributed by atoms with E-state index >= 15 is 0 Å². The number of ether oxygens (including phenoxy) is 1. The molecule has 0 saturated heterocycles. The molecule has 0 fully saturated rings. The van der Waals surface area contributed by atoms with Crippen LogP contribution >= 0.6 is 0 Å². The summed E-state index contributed by atoms with van der Waals surface area (Å²) < 4.78 is 5.96. The Kier molecular flexibility index (Phi) is 11.8. The molecule has 0 aliphatic rings. The molecule has 5 rings (SSSR count). The Hall–Kier alpha value is -6.13. The number of nitrogens with one attached hydrogen (secondary N) is 1. The van der Waals surface area contributed by atoms with Crippen molar-refractivity contribution in [2.24, 2.45) is 0 Å². The second kappa shape index (κ2) is 17.0. The maximum absolute atomic E-state index is 13.1. The minimum absolute atomic E-state index is 0.183. The van der Waals surface area contributed by atoms with Gasteiger partial charge in [-0.2, -0.15) is 0 Å². The number of aliphatic carboxylic acids is 1. The van der Waals surface area contributed by atoms with Crippen LogP contribution in [-0.4, -0.2) is 46.9 Å². The van der Waals surface area contributed by atoms with Gasteiger partial charge in [-0.25, -0.2) is 4.79 Å². The first-order chi connectivity index (χ1) is 23.5.